The van der Waals surface area contributed by atoms with E-state index in [2.05, 4.69) is 33.9 Å². The molecule has 0 aliphatic carbocycles. The van der Waals surface area contributed by atoms with E-state index >= 15 is 0 Å². The monoisotopic (exact) mass is 352 g/mol. The Kier molecular flexibility index (Phi) is 5.36. The first-order valence-electron chi connectivity index (χ1n) is 8.68. The minimum Gasteiger partial charge on any atom is -0.496 e. The minimum atomic E-state index is 0.240. The van der Waals surface area contributed by atoms with Crippen LogP contribution in [0.2, 0.25) is 0 Å². The number of benzene rings is 1. The summed E-state index contributed by atoms with van der Waals surface area (Å²) in [6.45, 7) is 7.32. The van der Waals surface area contributed by atoms with Gasteiger partial charge in [-0.05, 0) is 18.1 Å². The molecule has 0 saturated heterocycles. The van der Waals surface area contributed by atoms with Crippen LogP contribution >= 0.6 is 0 Å². The summed E-state index contributed by atoms with van der Waals surface area (Å²) in [5.74, 6) is 1.71. The van der Waals surface area contributed by atoms with Gasteiger partial charge in [0.25, 0.3) is 0 Å². The lowest BCUT2D eigenvalue weighted by Gasteiger charge is -2.09. The molecule has 2 heterocycles. The van der Waals surface area contributed by atoms with Crippen LogP contribution in [0.1, 0.15) is 30.9 Å². The average Bonchev–Trinajstić information content (AvgIpc) is 3.04. The molecule has 0 radical (unpaired) electrons. The van der Waals surface area contributed by atoms with E-state index in [1.807, 2.05) is 29.1 Å². The number of ether oxygens (including phenoxy) is 1. The van der Waals surface area contributed by atoms with E-state index in [4.69, 9.17) is 10.5 Å². The van der Waals surface area contributed by atoms with Crippen molar-refractivity contribution >= 4 is 28.9 Å². The molecule has 2 aromatic heterocycles. The summed E-state index contributed by atoms with van der Waals surface area (Å²) in [6, 6.07) is 5.98. The molecule has 0 amide bonds. The number of hydrogen-bond donors (Lipinski definition) is 2. The first-order valence-corrected chi connectivity index (χ1v) is 8.68. The standard InChI is InChI=1S/C19H24N6O/c1-4-6-9-21-18-17-15(22-19(20)23-18)12-25(24-17)11-14-8-7-13(5-2)10-16(14)26-3/h5,7-8,10,12H,2,4,6,9,11H2,1,3H3,(H3,20,21,22,23). The SMILES string of the molecule is C=Cc1ccc(Cn2cc3nc(N)nc(NCCCC)c3n2)c(OC)c1. The number of aromatic nitrogens is 4. The number of fused-ring (bicyclic) bond motifs is 1. The fourth-order valence-corrected chi connectivity index (χ4v) is 2.76. The van der Waals surface area contributed by atoms with E-state index in [1.54, 1.807) is 13.2 Å². The second-order valence-corrected chi connectivity index (χ2v) is 6.05. The molecule has 26 heavy (non-hydrogen) atoms. The Morgan fingerprint density at radius 2 is 2.19 bits per heavy atom. The second kappa shape index (κ2) is 7.86. The largest absolute Gasteiger partial charge is 0.496 e. The summed E-state index contributed by atoms with van der Waals surface area (Å²) >= 11 is 0. The summed E-state index contributed by atoms with van der Waals surface area (Å²) in [4.78, 5) is 8.59. The van der Waals surface area contributed by atoms with Gasteiger partial charge in [0.1, 0.15) is 11.3 Å². The van der Waals surface area contributed by atoms with Crippen molar-refractivity contribution in [2.24, 2.45) is 0 Å². The molecule has 0 aliphatic heterocycles. The van der Waals surface area contributed by atoms with E-state index in [-0.39, 0.29) is 5.95 Å². The molecular formula is C19H24N6O. The predicted octanol–water partition coefficient (Wildman–Crippen LogP) is 3.32. The van der Waals surface area contributed by atoms with Crippen LogP contribution in [0.4, 0.5) is 11.8 Å². The summed E-state index contributed by atoms with van der Waals surface area (Å²) in [5, 5.41) is 7.95. The average molecular weight is 352 g/mol. The molecule has 0 spiro atoms. The Morgan fingerprint density at radius 1 is 1.35 bits per heavy atom. The van der Waals surface area contributed by atoms with E-state index < -0.39 is 0 Å². The minimum absolute atomic E-state index is 0.240. The Bertz CT molecular complexity index is 918. The van der Waals surface area contributed by atoms with Crippen molar-refractivity contribution in [3.63, 3.8) is 0 Å². The van der Waals surface area contributed by atoms with Gasteiger partial charge in [-0.1, -0.05) is 38.1 Å². The zero-order valence-corrected chi connectivity index (χ0v) is 15.2. The van der Waals surface area contributed by atoms with Gasteiger partial charge in [0, 0.05) is 12.1 Å². The topological polar surface area (TPSA) is 90.9 Å². The van der Waals surface area contributed by atoms with Crippen LogP contribution in [0.25, 0.3) is 17.1 Å². The summed E-state index contributed by atoms with van der Waals surface area (Å²) in [5.41, 5.74) is 9.31. The highest BCUT2D eigenvalue weighted by Gasteiger charge is 2.12. The van der Waals surface area contributed by atoms with Crippen LogP contribution in [-0.2, 0) is 6.54 Å². The fraction of sp³-hybridized carbons (Fsp3) is 0.316. The van der Waals surface area contributed by atoms with Crippen LogP contribution < -0.4 is 15.8 Å². The van der Waals surface area contributed by atoms with Crippen molar-refractivity contribution < 1.29 is 4.74 Å². The molecule has 0 aliphatic rings. The number of unbranched alkanes of at least 4 members (excludes halogenated alkanes) is 1. The number of nitrogens with zero attached hydrogens (tertiary/aromatic N) is 4. The van der Waals surface area contributed by atoms with Gasteiger partial charge >= 0.3 is 0 Å². The predicted molar refractivity (Wildman–Crippen MR) is 105 cm³/mol. The molecule has 136 valence electrons. The lowest BCUT2D eigenvalue weighted by atomic mass is 10.1. The molecule has 7 nitrogen and oxygen atoms in total. The summed E-state index contributed by atoms with van der Waals surface area (Å²) < 4.78 is 7.32. The Balaban J connectivity index is 1.92. The van der Waals surface area contributed by atoms with Crippen molar-refractivity contribution in [3.05, 3.63) is 42.1 Å². The lowest BCUT2D eigenvalue weighted by Crippen LogP contribution is -2.06. The first kappa shape index (κ1) is 17.7. The number of hydrogen-bond acceptors (Lipinski definition) is 6. The molecule has 0 atom stereocenters. The molecule has 0 unspecified atom stereocenters. The third kappa shape index (κ3) is 3.77. The van der Waals surface area contributed by atoms with Gasteiger partial charge in [0.2, 0.25) is 5.95 Å². The number of nitrogens with two attached hydrogens (primary N) is 1. The maximum atomic E-state index is 5.84. The van der Waals surface area contributed by atoms with E-state index in [1.165, 1.54) is 0 Å². The quantitative estimate of drug-likeness (QED) is 0.604. The summed E-state index contributed by atoms with van der Waals surface area (Å²) in [6.07, 6.45) is 5.82. The molecule has 1 aromatic carbocycles. The van der Waals surface area contributed by atoms with Gasteiger partial charge in [-0.25, -0.2) is 4.98 Å². The van der Waals surface area contributed by atoms with Crippen LogP contribution in [0.15, 0.2) is 31.0 Å². The third-order valence-electron chi connectivity index (χ3n) is 4.13. The maximum absolute atomic E-state index is 5.84. The highest BCUT2D eigenvalue weighted by Crippen LogP contribution is 2.24. The molecule has 0 bridgehead atoms. The summed E-state index contributed by atoms with van der Waals surface area (Å²) in [7, 11) is 1.66. The van der Waals surface area contributed by atoms with Crippen molar-refractivity contribution in [3.8, 4) is 5.75 Å². The number of anilines is 2. The smallest absolute Gasteiger partial charge is 0.222 e. The molecular weight excluding hydrogens is 328 g/mol. The van der Waals surface area contributed by atoms with Crippen LogP contribution in [0.5, 0.6) is 5.75 Å². The van der Waals surface area contributed by atoms with E-state index in [0.717, 1.165) is 47.3 Å². The van der Waals surface area contributed by atoms with Gasteiger partial charge in [0.05, 0.1) is 19.9 Å². The molecule has 7 heteroatoms. The molecule has 3 rings (SSSR count). The number of methoxy groups -OCH3 is 1. The number of rotatable bonds is 8. The zero-order valence-electron chi connectivity index (χ0n) is 15.2. The number of nitrogen functional groups attached to an aromatic ring is 1. The van der Waals surface area contributed by atoms with E-state index in [0.29, 0.717) is 12.4 Å². The van der Waals surface area contributed by atoms with Crippen molar-refractivity contribution in [1.29, 1.82) is 0 Å². The lowest BCUT2D eigenvalue weighted by molar-refractivity contribution is 0.407. The Hall–Kier alpha value is -3.09. The molecule has 3 N–H and O–H groups in total. The van der Waals surface area contributed by atoms with Gasteiger partial charge in [-0.3, -0.25) is 4.68 Å². The first-order chi connectivity index (χ1) is 12.6. The molecule has 0 saturated carbocycles. The number of nitrogens with one attached hydrogen (secondary N) is 1. The fourth-order valence-electron chi connectivity index (χ4n) is 2.76. The van der Waals surface area contributed by atoms with Gasteiger partial charge in [-0.15, -0.1) is 0 Å². The normalized spacial score (nSPS) is 10.8. The van der Waals surface area contributed by atoms with Crippen molar-refractivity contribution in [2.45, 2.75) is 26.3 Å². The Morgan fingerprint density at radius 3 is 2.92 bits per heavy atom. The van der Waals surface area contributed by atoms with Gasteiger partial charge in [-0.2, -0.15) is 10.1 Å². The van der Waals surface area contributed by atoms with Crippen molar-refractivity contribution in [2.75, 3.05) is 24.7 Å². The molecule has 3 aromatic rings. The highest BCUT2D eigenvalue weighted by molar-refractivity contribution is 5.85. The highest BCUT2D eigenvalue weighted by atomic mass is 16.5. The van der Waals surface area contributed by atoms with Gasteiger partial charge < -0.3 is 15.8 Å². The Labute approximate surface area is 152 Å². The maximum Gasteiger partial charge on any atom is 0.222 e. The van der Waals surface area contributed by atoms with Crippen molar-refractivity contribution in [1.82, 2.24) is 19.7 Å². The van der Waals surface area contributed by atoms with Crippen LogP contribution in [0.3, 0.4) is 0 Å². The van der Waals surface area contributed by atoms with Gasteiger partial charge in [0.15, 0.2) is 11.3 Å². The van der Waals surface area contributed by atoms with Crippen LogP contribution in [0, 0.1) is 0 Å². The third-order valence-corrected chi connectivity index (χ3v) is 4.13. The second-order valence-electron chi connectivity index (χ2n) is 6.05. The van der Waals surface area contributed by atoms with E-state index in [9.17, 15) is 0 Å². The zero-order chi connectivity index (χ0) is 18.5. The molecule has 0 fully saturated rings. The van der Waals surface area contributed by atoms with Crippen LogP contribution in [-0.4, -0.2) is 33.4 Å².